The Morgan fingerprint density at radius 2 is 1.63 bits per heavy atom. The van der Waals surface area contributed by atoms with E-state index in [1.807, 2.05) is 6.07 Å². The van der Waals surface area contributed by atoms with Gasteiger partial charge in [0.15, 0.2) is 17.6 Å². The minimum atomic E-state index is -1.03. The minimum Gasteiger partial charge on any atom is -0.497 e. The van der Waals surface area contributed by atoms with E-state index in [2.05, 4.69) is 5.32 Å². The Hall–Kier alpha value is -4.46. The maximum Gasteiger partial charge on any atom is 0.344 e. The number of carbonyl (C=O) groups is 1. The molecule has 5 rings (SSSR count). The molecule has 1 aliphatic rings. The van der Waals surface area contributed by atoms with Crippen molar-refractivity contribution in [2.75, 3.05) is 26.6 Å². The summed E-state index contributed by atoms with van der Waals surface area (Å²) in [6.45, 7) is 0. The maximum atomic E-state index is 13.5. The van der Waals surface area contributed by atoms with Crippen LogP contribution in [-0.2, 0) is 4.79 Å². The van der Waals surface area contributed by atoms with Crippen LogP contribution in [0.2, 0.25) is 0 Å². The monoisotopic (exact) mass is 473 g/mol. The zero-order valence-corrected chi connectivity index (χ0v) is 19.4. The van der Waals surface area contributed by atoms with Crippen LogP contribution in [0.4, 0.5) is 5.69 Å². The molecule has 0 spiro atoms. The van der Waals surface area contributed by atoms with Crippen molar-refractivity contribution in [3.8, 4) is 23.0 Å². The standard InChI is InChI=1S/C27H23NO7/c1-31-17-11-9-16(10-12-17)28-26(29)25-22(15-8-13-20(32-2)21(14-15)33-3)23-24(35-25)18-6-4-5-7-19(18)34-27(23)30/h4-14,22,25H,1-3H3,(H,28,29)/t22-,25+/m1/s1. The molecule has 8 heteroatoms. The first-order valence-corrected chi connectivity index (χ1v) is 10.9. The van der Waals surface area contributed by atoms with E-state index in [1.54, 1.807) is 67.8 Å². The molecule has 1 N–H and O–H groups in total. The van der Waals surface area contributed by atoms with Crippen LogP contribution in [0.25, 0.3) is 11.0 Å². The van der Waals surface area contributed by atoms with Gasteiger partial charge in [0.05, 0.1) is 38.2 Å². The third-order valence-electron chi connectivity index (χ3n) is 6.04. The fourth-order valence-electron chi connectivity index (χ4n) is 4.36. The van der Waals surface area contributed by atoms with Crippen molar-refractivity contribution in [1.82, 2.24) is 0 Å². The van der Waals surface area contributed by atoms with E-state index in [1.165, 1.54) is 14.2 Å². The molecule has 35 heavy (non-hydrogen) atoms. The summed E-state index contributed by atoms with van der Waals surface area (Å²) in [5.74, 6) is 0.864. The molecule has 0 radical (unpaired) electrons. The highest BCUT2D eigenvalue weighted by molar-refractivity contribution is 5.97. The van der Waals surface area contributed by atoms with Crippen LogP contribution in [0.15, 0.2) is 75.9 Å². The Labute approximate surface area is 201 Å². The molecule has 3 aromatic carbocycles. The third kappa shape index (κ3) is 3.93. The Balaban J connectivity index is 1.62. The molecule has 1 amide bonds. The quantitative estimate of drug-likeness (QED) is 0.416. The molecule has 4 aromatic rings. The average molecular weight is 473 g/mol. The first-order chi connectivity index (χ1) is 17.0. The second-order valence-electron chi connectivity index (χ2n) is 7.98. The van der Waals surface area contributed by atoms with E-state index in [0.717, 1.165) is 0 Å². The fraction of sp³-hybridized carbons (Fsp3) is 0.185. The first-order valence-electron chi connectivity index (χ1n) is 10.9. The number of nitrogens with one attached hydrogen (secondary N) is 1. The minimum absolute atomic E-state index is 0.283. The van der Waals surface area contributed by atoms with Crippen LogP contribution >= 0.6 is 0 Å². The van der Waals surface area contributed by atoms with Gasteiger partial charge in [0.2, 0.25) is 0 Å². The van der Waals surface area contributed by atoms with Crippen molar-refractivity contribution in [3.63, 3.8) is 0 Å². The number of benzene rings is 3. The molecule has 1 aliphatic heterocycles. The summed E-state index contributed by atoms with van der Waals surface area (Å²) in [6, 6.07) is 19.3. The number of ether oxygens (including phenoxy) is 4. The van der Waals surface area contributed by atoms with E-state index in [-0.39, 0.29) is 5.56 Å². The van der Waals surface area contributed by atoms with Crippen LogP contribution in [0.1, 0.15) is 17.0 Å². The Kier molecular flexibility index (Phi) is 5.78. The van der Waals surface area contributed by atoms with E-state index < -0.39 is 23.6 Å². The third-order valence-corrected chi connectivity index (χ3v) is 6.04. The second-order valence-corrected chi connectivity index (χ2v) is 7.98. The number of hydrogen-bond acceptors (Lipinski definition) is 7. The molecule has 0 fully saturated rings. The van der Waals surface area contributed by atoms with Crippen molar-refractivity contribution >= 4 is 22.6 Å². The van der Waals surface area contributed by atoms with Gasteiger partial charge >= 0.3 is 5.63 Å². The van der Waals surface area contributed by atoms with Crippen LogP contribution in [0.5, 0.6) is 23.0 Å². The molecular weight excluding hydrogens is 450 g/mol. The largest absolute Gasteiger partial charge is 0.497 e. The highest BCUT2D eigenvalue weighted by Crippen LogP contribution is 2.46. The lowest BCUT2D eigenvalue weighted by Crippen LogP contribution is -2.35. The summed E-state index contributed by atoms with van der Waals surface area (Å²) >= 11 is 0. The van der Waals surface area contributed by atoms with Gasteiger partial charge in [0.25, 0.3) is 5.91 Å². The topological polar surface area (TPSA) is 96.2 Å². The molecule has 0 unspecified atom stereocenters. The fourth-order valence-corrected chi connectivity index (χ4v) is 4.36. The molecule has 178 valence electrons. The van der Waals surface area contributed by atoms with Gasteiger partial charge in [-0.25, -0.2) is 4.79 Å². The van der Waals surface area contributed by atoms with Gasteiger partial charge in [-0.3, -0.25) is 4.79 Å². The lowest BCUT2D eigenvalue weighted by molar-refractivity contribution is -0.122. The lowest BCUT2D eigenvalue weighted by Gasteiger charge is -2.20. The van der Waals surface area contributed by atoms with Crippen LogP contribution < -0.4 is 29.9 Å². The summed E-state index contributed by atoms with van der Waals surface area (Å²) < 4.78 is 27.8. The van der Waals surface area contributed by atoms with E-state index in [4.69, 9.17) is 23.4 Å². The summed E-state index contributed by atoms with van der Waals surface area (Å²) in [5.41, 5.74) is 1.33. The van der Waals surface area contributed by atoms with Gasteiger partial charge in [0, 0.05) is 5.69 Å². The number of rotatable bonds is 6. The predicted molar refractivity (Wildman–Crippen MR) is 130 cm³/mol. The predicted octanol–water partition coefficient (Wildman–Crippen LogP) is 4.35. The van der Waals surface area contributed by atoms with Crippen molar-refractivity contribution < 1.29 is 28.2 Å². The van der Waals surface area contributed by atoms with E-state index in [0.29, 0.717) is 45.2 Å². The molecule has 0 aliphatic carbocycles. The van der Waals surface area contributed by atoms with Crippen molar-refractivity contribution in [3.05, 3.63) is 88.3 Å². The zero-order chi connectivity index (χ0) is 24.5. The number of amides is 1. The number of fused-ring (bicyclic) bond motifs is 3. The van der Waals surface area contributed by atoms with Crippen LogP contribution in [0.3, 0.4) is 0 Å². The van der Waals surface area contributed by atoms with Gasteiger partial charge in [-0.2, -0.15) is 0 Å². The molecule has 0 saturated carbocycles. The summed E-state index contributed by atoms with van der Waals surface area (Å²) in [4.78, 5) is 26.6. The number of methoxy groups -OCH3 is 3. The molecule has 2 atom stereocenters. The highest BCUT2D eigenvalue weighted by atomic mass is 16.5. The van der Waals surface area contributed by atoms with Crippen molar-refractivity contribution in [2.45, 2.75) is 12.0 Å². The molecule has 0 saturated heterocycles. The maximum absolute atomic E-state index is 13.5. The Bertz CT molecular complexity index is 1460. The summed E-state index contributed by atoms with van der Waals surface area (Å²) in [5, 5.41) is 3.50. The van der Waals surface area contributed by atoms with E-state index >= 15 is 0 Å². The number of anilines is 1. The molecule has 8 nitrogen and oxygen atoms in total. The summed E-state index contributed by atoms with van der Waals surface area (Å²) in [7, 11) is 4.63. The summed E-state index contributed by atoms with van der Waals surface area (Å²) in [6.07, 6.45) is -1.03. The SMILES string of the molecule is COc1ccc(NC(=O)[C@H]2Oc3c(c(=O)oc4ccccc34)[C@H]2c2ccc(OC)c(OC)c2)cc1. The lowest BCUT2D eigenvalue weighted by atomic mass is 9.88. The van der Waals surface area contributed by atoms with Gasteiger partial charge in [-0.15, -0.1) is 0 Å². The molecular formula is C27H23NO7. The molecule has 2 heterocycles. The van der Waals surface area contributed by atoms with Crippen LogP contribution in [-0.4, -0.2) is 33.3 Å². The number of para-hydroxylation sites is 1. The second kappa shape index (κ2) is 9.06. The number of carbonyl (C=O) groups excluding carboxylic acids is 1. The smallest absolute Gasteiger partial charge is 0.344 e. The normalized spacial score (nSPS) is 16.3. The Morgan fingerprint density at radius 3 is 2.34 bits per heavy atom. The Morgan fingerprint density at radius 1 is 0.886 bits per heavy atom. The van der Waals surface area contributed by atoms with Crippen molar-refractivity contribution in [1.29, 1.82) is 0 Å². The first kappa shape index (κ1) is 22.3. The zero-order valence-electron chi connectivity index (χ0n) is 19.4. The highest BCUT2D eigenvalue weighted by Gasteiger charge is 2.44. The van der Waals surface area contributed by atoms with E-state index in [9.17, 15) is 9.59 Å². The van der Waals surface area contributed by atoms with Gasteiger partial charge in [-0.05, 0) is 54.1 Å². The average Bonchev–Trinajstić information content (AvgIpc) is 3.30. The van der Waals surface area contributed by atoms with Gasteiger partial charge < -0.3 is 28.7 Å². The molecule has 1 aromatic heterocycles. The number of hydrogen-bond donors (Lipinski definition) is 1. The van der Waals surface area contributed by atoms with Crippen molar-refractivity contribution in [2.24, 2.45) is 0 Å². The van der Waals surface area contributed by atoms with Crippen LogP contribution in [0, 0.1) is 0 Å². The molecule has 0 bridgehead atoms. The van der Waals surface area contributed by atoms with Gasteiger partial charge in [-0.1, -0.05) is 18.2 Å². The van der Waals surface area contributed by atoms with Gasteiger partial charge in [0.1, 0.15) is 17.1 Å².